The number of imide groups is 1. The number of carbonyl (C=O) groups excluding carboxylic acids is 3. The standard InChI is InChI=1S/C25H22N2O4S/c1-3-16-8-11-18(12-9-16)26-23(28)15-27-24(29)22(32-25(27)30)14-17-10-13-21(31-2)20-7-5-4-6-19(17)20/h4-14H,3,15H2,1-2H3,(H,26,28)/b22-14+. The lowest BCUT2D eigenvalue weighted by Gasteiger charge is -2.12. The molecule has 0 spiro atoms. The summed E-state index contributed by atoms with van der Waals surface area (Å²) in [6, 6.07) is 18.8. The van der Waals surface area contributed by atoms with E-state index in [1.807, 2.05) is 48.5 Å². The maximum absolute atomic E-state index is 12.9. The lowest BCUT2D eigenvalue weighted by molar-refractivity contribution is -0.127. The van der Waals surface area contributed by atoms with Crippen LogP contribution in [0.1, 0.15) is 18.1 Å². The third-order valence-corrected chi connectivity index (χ3v) is 6.15. The Morgan fingerprint density at radius 1 is 1.03 bits per heavy atom. The number of hydrogen-bond donors (Lipinski definition) is 1. The largest absolute Gasteiger partial charge is 0.496 e. The summed E-state index contributed by atoms with van der Waals surface area (Å²) < 4.78 is 5.41. The van der Waals surface area contributed by atoms with Gasteiger partial charge in [0.1, 0.15) is 12.3 Å². The molecule has 1 aliphatic heterocycles. The van der Waals surface area contributed by atoms with E-state index in [4.69, 9.17) is 4.74 Å². The fraction of sp³-hybridized carbons (Fsp3) is 0.160. The zero-order valence-corrected chi connectivity index (χ0v) is 18.6. The molecule has 3 amide bonds. The summed E-state index contributed by atoms with van der Waals surface area (Å²) in [7, 11) is 1.61. The van der Waals surface area contributed by atoms with E-state index in [0.29, 0.717) is 5.69 Å². The zero-order chi connectivity index (χ0) is 22.7. The van der Waals surface area contributed by atoms with Crippen molar-refractivity contribution in [2.75, 3.05) is 19.0 Å². The van der Waals surface area contributed by atoms with E-state index < -0.39 is 17.1 Å². The Kier molecular flexibility index (Phi) is 6.28. The van der Waals surface area contributed by atoms with Gasteiger partial charge in [0.05, 0.1) is 12.0 Å². The maximum Gasteiger partial charge on any atom is 0.294 e. The summed E-state index contributed by atoms with van der Waals surface area (Å²) in [5.41, 5.74) is 2.58. The highest BCUT2D eigenvalue weighted by Crippen LogP contribution is 2.35. The van der Waals surface area contributed by atoms with Gasteiger partial charge in [-0.05, 0) is 59.0 Å². The first-order valence-corrected chi connectivity index (χ1v) is 11.0. The van der Waals surface area contributed by atoms with Gasteiger partial charge < -0.3 is 10.1 Å². The molecule has 6 nitrogen and oxygen atoms in total. The highest BCUT2D eigenvalue weighted by molar-refractivity contribution is 8.18. The minimum Gasteiger partial charge on any atom is -0.496 e. The molecule has 4 rings (SSSR count). The molecular formula is C25H22N2O4S. The lowest BCUT2D eigenvalue weighted by atomic mass is 10.0. The summed E-state index contributed by atoms with van der Waals surface area (Å²) in [6.45, 7) is 1.72. The summed E-state index contributed by atoms with van der Waals surface area (Å²) in [5, 5.41) is 4.10. The van der Waals surface area contributed by atoms with Crippen molar-refractivity contribution in [2.24, 2.45) is 0 Å². The van der Waals surface area contributed by atoms with E-state index >= 15 is 0 Å². The van der Waals surface area contributed by atoms with Gasteiger partial charge in [-0.3, -0.25) is 19.3 Å². The predicted molar refractivity (Wildman–Crippen MR) is 128 cm³/mol. The molecule has 0 bridgehead atoms. The SMILES string of the molecule is CCc1ccc(NC(=O)CN2C(=O)S/C(=C/c3ccc(OC)c4ccccc34)C2=O)cc1. The third kappa shape index (κ3) is 4.38. The molecule has 1 fully saturated rings. The van der Waals surface area contributed by atoms with Crippen molar-refractivity contribution >= 4 is 51.4 Å². The predicted octanol–water partition coefficient (Wildman–Crippen LogP) is 5.09. The van der Waals surface area contributed by atoms with Crippen LogP contribution in [0.5, 0.6) is 5.75 Å². The Labute approximate surface area is 190 Å². The summed E-state index contributed by atoms with van der Waals surface area (Å²) in [5.74, 6) is -0.168. The molecule has 1 saturated heterocycles. The zero-order valence-electron chi connectivity index (χ0n) is 17.8. The number of hydrogen-bond acceptors (Lipinski definition) is 5. The van der Waals surface area contributed by atoms with Gasteiger partial charge in [0.25, 0.3) is 11.1 Å². The minimum atomic E-state index is -0.476. The van der Waals surface area contributed by atoms with Gasteiger partial charge in [0, 0.05) is 11.1 Å². The second-order valence-corrected chi connectivity index (χ2v) is 8.26. The summed E-state index contributed by atoms with van der Waals surface area (Å²) in [6.07, 6.45) is 2.59. The number of thioether (sulfide) groups is 1. The van der Waals surface area contributed by atoms with Crippen LogP contribution in [0.2, 0.25) is 0 Å². The van der Waals surface area contributed by atoms with Gasteiger partial charge in [-0.2, -0.15) is 0 Å². The minimum absolute atomic E-state index is 0.283. The first kappa shape index (κ1) is 21.6. The van der Waals surface area contributed by atoms with Crippen LogP contribution < -0.4 is 10.1 Å². The van der Waals surface area contributed by atoms with Crippen LogP contribution in [0, 0.1) is 0 Å². The molecule has 1 aliphatic rings. The Balaban J connectivity index is 1.52. The van der Waals surface area contributed by atoms with Crippen molar-refractivity contribution in [2.45, 2.75) is 13.3 Å². The number of anilines is 1. The van der Waals surface area contributed by atoms with Gasteiger partial charge in [0.15, 0.2) is 0 Å². The number of carbonyl (C=O) groups is 3. The van der Waals surface area contributed by atoms with Crippen molar-refractivity contribution in [3.63, 3.8) is 0 Å². The van der Waals surface area contributed by atoms with Gasteiger partial charge in [-0.25, -0.2) is 0 Å². The molecule has 0 atom stereocenters. The van der Waals surface area contributed by atoms with Crippen LogP contribution >= 0.6 is 11.8 Å². The van der Waals surface area contributed by atoms with Crippen molar-refractivity contribution in [1.29, 1.82) is 0 Å². The molecule has 32 heavy (non-hydrogen) atoms. The third-order valence-electron chi connectivity index (χ3n) is 5.25. The first-order valence-electron chi connectivity index (χ1n) is 10.2. The Hall–Kier alpha value is -3.58. The molecule has 3 aromatic rings. The highest BCUT2D eigenvalue weighted by Gasteiger charge is 2.36. The van der Waals surface area contributed by atoms with Crippen molar-refractivity contribution in [3.8, 4) is 5.75 Å². The lowest BCUT2D eigenvalue weighted by Crippen LogP contribution is -2.36. The topological polar surface area (TPSA) is 75.7 Å². The van der Waals surface area contributed by atoms with Crippen LogP contribution in [-0.2, 0) is 16.0 Å². The Bertz CT molecular complexity index is 1230. The van der Waals surface area contributed by atoms with E-state index in [-0.39, 0.29) is 11.4 Å². The van der Waals surface area contributed by atoms with E-state index in [1.54, 1.807) is 25.3 Å². The second-order valence-electron chi connectivity index (χ2n) is 7.27. The molecule has 1 N–H and O–H groups in total. The van der Waals surface area contributed by atoms with E-state index in [9.17, 15) is 14.4 Å². The van der Waals surface area contributed by atoms with Gasteiger partial charge in [0.2, 0.25) is 5.91 Å². The normalized spacial score (nSPS) is 14.9. The van der Waals surface area contributed by atoms with Gasteiger partial charge >= 0.3 is 0 Å². The van der Waals surface area contributed by atoms with Crippen LogP contribution in [0.15, 0.2) is 65.6 Å². The maximum atomic E-state index is 12.9. The summed E-state index contributed by atoms with van der Waals surface area (Å²) >= 11 is 0.836. The smallest absolute Gasteiger partial charge is 0.294 e. The molecule has 0 aromatic heterocycles. The number of ether oxygens (including phenoxy) is 1. The van der Waals surface area contributed by atoms with E-state index in [2.05, 4.69) is 12.2 Å². The Morgan fingerprint density at radius 3 is 2.44 bits per heavy atom. The second kappa shape index (κ2) is 9.28. The molecule has 0 saturated carbocycles. The molecule has 0 aliphatic carbocycles. The number of rotatable bonds is 6. The first-order chi connectivity index (χ1) is 15.5. The number of methoxy groups -OCH3 is 1. The molecular weight excluding hydrogens is 424 g/mol. The fourth-order valence-corrected chi connectivity index (χ4v) is 4.37. The van der Waals surface area contributed by atoms with E-state index in [0.717, 1.165) is 50.7 Å². The monoisotopic (exact) mass is 446 g/mol. The number of aryl methyl sites for hydroxylation is 1. The number of amides is 3. The number of benzene rings is 3. The number of fused-ring (bicyclic) bond motifs is 1. The fourth-order valence-electron chi connectivity index (χ4n) is 3.54. The molecule has 3 aromatic carbocycles. The number of nitrogens with zero attached hydrogens (tertiary/aromatic N) is 1. The van der Waals surface area contributed by atoms with Crippen LogP contribution in [0.25, 0.3) is 16.8 Å². The summed E-state index contributed by atoms with van der Waals surface area (Å²) in [4.78, 5) is 39.0. The van der Waals surface area contributed by atoms with Gasteiger partial charge in [-0.15, -0.1) is 0 Å². The van der Waals surface area contributed by atoms with Crippen LogP contribution in [-0.4, -0.2) is 35.6 Å². The van der Waals surface area contributed by atoms with Crippen molar-refractivity contribution < 1.29 is 19.1 Å². The molecule has 7 heteroatoms. The average molecular weight is 447 g/mol. The Morgan fingerprint density at radius 2 is 1.75 bits per heavy atom. The average Bonchev–Trinajstić information content (AvgIpc) is 3.07. The molecule has 0 unspecified atom stereocenters. The molecule has 0 radical (unpaired) electrons. The highest BCUT2D eigenvalue weighted by atomic mass is 32.2. The molecule has 1 heterocycles. The van der Waals surface area contributed by atoms with E-state index in [1.165, 1.54) is 0 Å². The number of nitrogens with one attached hydrogen (secondary N) is 1. The van der Waals surface area contributed by atoms with Gasteiger partial charge in [-0.1, -0.05) is 49.4 Å². The van der Waals surface area contributed by atoms with Crippen LogP contribution in [0.3, 0.4) is 0 Å². The van der Waals surface area contributed by atoms with Crippen LogP contribution in [0.4, 0.5) is 10.5 Å². The van der Waals surface area contributed by atoms with Crippen molar-refractivity contribution in [3.05, 3.63) is 76.7 Å². The van der Waals surface area contributed by atoms with Crippen molar-refractivity contribution in [1.82, 2.24) is 4.90 Å². The molecule has 162 valence electrons. The quantitative estimate of drug-likeness (QED) is 0.534.